The van der Waals surface area contributed by atoms with Crippen molar-refractivity contribution in [3.63, 3.8) is 0 Å². The van der Waals surface area contributed by atoms with E-state index in [1.165, 1.54) is 0 Å². The molecule has 100 valence electrons. The molecule has 2 rings (SSSR count). The molecule has 0 aliphatic carbocycles. The number of nitrogens with one attached hydrogen (secondary N) is 1. The average molecular weight is 277 g/mol. The largest absolute Gasteiger partial charge is 0.495 e. The van der Waals surface area contributed by atoms with E-state index in [2.05, 4.69) is 5.32 Å². The van der Waals surface area contributed by atoms with Gasteiger partial charge in [0.25, 0.3) is 0 Å². The molecule has 0 aliphatic rings. The molecule has 4 nitrogen and oxygen atoms in total. The molecule has 0 aliphatic heterocycles. The first-order chi connectivity index (χ1) is 9.19. The highest BCUT2D eigenvalue weighted by Crippen LogP contribution is 2.37. The zero-order valence-electron chi connectivity index (χ0n) is 10.7. The van der Waals surface area contributed by atoms with Crippen LogP contribution in [0.5, 0.6) is 5.75 Å². The maximum Gasteiger partial charge on any atom is 0.187 e. The Kier molecular flexibility index (Phi) is 4.19. The van der Waals surface area contributed by atoms with Gasteiger partial charge in [0.2, 0.25) is 0 Å². The molecule has 19 heavy (non-hydrogen) atoms. The minimum absolute atomic E-state index is 0.382. The van der Waals surface area contributed by atoms with Crippen molar-refractivity contribution in [3.05, 3.63) is 42.5 Å². The van der Waals surface area contributed by atoms with E-state index >= 15 is 0 Å². The van der Waals surface area contributed by atoms with Crippen LogP contribution in [-0.2, 0) is 11.1 Å². The summed E-state index contributed by atoms with van der Waals surface area (Å²) in [5.74, 6) is 0.693. The van der Waals surface area contributed by atoms with E-state index in [1.807, 2.05) is 30.3 Å². The van der Waals surface area contributed by atoms with Crippen LogP contribution in [0.1, 0.15) is 0 Å². The molecule has 0 saturated heterocycles. The fraction of sp³-hybridized carbons (Fsp3) is 0.143. The third kappa shape index (κ3) is 2.62. The van der Waals surface area contributed by atoms with E-state index in [9.17, 15) is 8.76 Å². The first kappa shape index (κ1) is 13.6. The second-order valence-corrected chi connectivity index (χ2v) is 4.82. The minimum Gasteiger partial charge on any atom is -0.495 e. The van der Waals surface area contributed by atoms with Gasteiger partial charge in [-0.05, 0) is 12.1 Å². The van der Waals surface area contributed by atoms with E-state index in [-0.39, 0.29) is 0 Å². The van der Waals surface area contributed by atoms with Gasteiger partial charge in [0.05, 0.1) is 17.7 Å². The lowest BCUT2D eigenvalue weighted by Gasteiger charge is -2.15. The average Bonchev–Trinajstić information content (AvgIpc) is 2.46. The van der Waals surface area contributed by atoms with Crippen LogP contribution in [0.2, 0.25) is 0 Å². The summed E-state index contributed by atoms with van der Waals surface area (Å²) in [6.45, 7) is 0. The van der Waals surface area contributed by atoms with Crippen molar-refractivity contribution in [3.8, 4) is 16.9 Å². The molecule has 0 saturated carbocycles. The molecule has 0 radical (unpaired) electrons. The summed E-state index contributed by atoms with van der Waals surface area (Å²) in [6, 6.07) is 12.6. The fourth-order valence-electron chi connectivity index (χ4n) is 2.02. The summed E-state index contributed by atoms with van der Waals surface area (Å²) >= 11 is -2.03. The van der Waals surface area contributed by atoms with Crippen molar-refractivity contribution in [2.75, 3.05) is 19.5 Å². The molecule has 0 bridgehead atoms. The third-order valence-corrected chi connectivity index (χ3v) is 3.59. The van der Waals surface area contributed by atoms with Crippen LogP contribution in [0.3, 0.4) is 0 Å². The normalized spacial score (nSPS) is 11.9. The van der Waals surface area contributed by atoms with Crippen molar-refractivity contribution < 1.29 is 13.5 Å². The second-order valence-electron chi connectivity index (χ2n) is 3.88. The molecular weight excluding hydrogens is 262 g/mol. The van der Waals surface area contributed by atoms with Crippen LogP contribution in [0, 0.1) is 0 Å². The molecule has 2 aromatic rings. The predicted octanol–water partition coefficient (Wildman–Crippen LogP) is 2.98. The molecular formula is C14H15NO3S. The maximum atomic E-state index is 11.4. The number of hydrogen-bond donors (Lipinski definition) is 2. The third-order valence-electron chi connectivity index (χ3n) is 2.86. The van der Waals surface area contributed by atoms with E-state index in [0.29, 0.717) is 16.2 Å². The quantitative estimate of drug-likeness (QED) is 0.843. The van der Waals surface area contributed by atoms with Gasteiger partial charge in [-0.15, -0.1) is 0 Å². The Morgan fingerprint density at radius 3 is 2.42 bits per heavy atom. The van der Waals surface area contributed by atoms with Gasteiger partial charge in [-0.1, -0.05) is 30.3 Å². The summed E-state index contributed by atoms with van der Waals surface area (Å²) in [4.78, 5) is 0.382. The maximum absolute atomic E-state index is 11.4. The molecule has 0 amide bonds. The number of methoxy groups -OCH3 is 1. The highest BCUT2D eigenvalue weighted by molar-refractivity contribution is 7.79. The predicted molar refractivity (Wildman–Crippen MR) is 77.0 cm³/mol. The molecule has 2 aromatic carbocycles. The summed E-state index contributed by atoms with van der Waals surface area (Å²) in [5, 5.41) is 3.07. The highest BCUT2D eigenvalue weighted by atomic mass is 32.2. The van der Waals surface area contributed by atoms with Gasteiger partial charge in [0.15, 0.2) is 11.1 Å². The fourth-order valence-corrected chi connectivity index (χ4v) is 2.59. The van der Waals surface area contributed by atoms with Crippen molar-refractivity contribution in [2.45, 2.75) is 4.90 Å². The number of hydrogen-bond acceptors (Lipinski definition) is 3. The lowest BCUT2D eigenvalue weighted by atomic mass is 10.0. The summed E-state index contributed by atoms with van der Waals surface area (Å²) in [5.41, 5.74) is 2.34. The van der Waals surface area contributed by atoms with Gasteiger partial charge in [-0.25, -0.2) is 4.21 Å². The number of benzene rings is 2. The lowest BCUT2D eigenvalue weighted by molar-refractivity contribution is 0.417. The van der Waals surface area contributed by atoms with Crippen LogP contribution in [0.15, 0.2) is 47.4 Å². The SMILES string of the molecule is CNc1c(OC)cccc1-c1ccccc1S(=O)O. The molecule has 1 unspecified atom stereocenters. The molecule has 1 atom stereocenters. The highest BCUT2D eigenvalue weighted by Gasteiger charge is 2.14. The molecule has 5 heteroatoms. The molecule has 0 aromatic heterocycles. The Bertz CT molecular complexity index is 613. The van der Waals surface area contributed by atoms with Gasteiger partial charge in [-0.3, -0.25) is 0 Å². The first-order valence-electron chi connectivity index (χ1n) is 5.74. The van der Waals surface area contributed by atoms with Gasteiger partial charge in [0, 0.05) is 18.2 Å². The van der Waals surface area contributed by atoms with Crippen LogP contribution in [-0.4, -0.2) is 22.9 Å². The summed E-state index contributed by atoms with van der Waals surface area (Å²) < 4.78 is 26.1. The molecule has 0 spiro atoms. The molecule has 2 N–H and O–H groups in total. The van der Waals surface area contributed by atoms with Crippen molar-refractivity contribution in [1.29, 1.82) is 0 Å². The Morgan fingerprint density at radius 1 is 1.11 bits per heavy atom. The second kappa shape index (κ2) is 5.86. The number of ether oxygens (including phenoxy) is 1. The van der Waals surface area contributed by atoms with E-state index < -0.39 is 11.1 Å². The van der Waals surface area contributed by atoms with Crippen LogP contribution in [0.4, 0.5) is 5.69 Å². The van der Waals surface area contributed by atoms with E-state index in [0.717, 1.165) is 11.3 Å². The Labute approximate surface area is 114 Å². The molecule has 0 fully saturated rings. The van der Waals surface area contributed by atoms with Gasteiger partial charge in [-0.2, -0.15) is 0 Å². The molecule has 0 heterocycles. The Morgan fingerprint density at radius 2 is 1.79 bits per heavy atom. The summed E-state index contributed by atoms with van der Waals surface area (Å²) in [7, 11) is 3.38. The zero-order valence-corrected chi connectivity index (χ0v) is 11.5. The zero-order chi connectivity index (χ0) is 13.8. The lowest BCUT2D eigenvalue weighted by Crippen LogP contribution is -1.99. The Balaban J connectivity index is 2.69. The smallest absolute Gasteiger partial charge is 0.187 e. The van der Waals surface area contributed by atoms with Gasteiger partial charge < -0.3 is 14.6 Å². The van der Waals surface area contributed by atoms with Crippen molar-refractivity contribution >= 4 is 16.8 Å². The standard InChI is InChI=1S/C14H15NO3S/c1-15-14-11(7-5-8-12(14)18-2)10-6-3-4-9-13(10)19(16)17/h3-9,15H,1-2H3,(H,16,17). The van der Waals surface area contributed by atoms with E-state index in [4.69, 9.17) is 4.74 Å². The first-order valence-corrected chi connectivity index (χ1v) is 6.84. The number of anilines is 1. The number of rotatable bonds is 4. The van der Waals surface area contributed by atoms with Crippen LogP contribution >= 0.6 is 0 Å². The topological polar surface area (TPSA) is 58.6 Å². The Hall–Kier alpha value is -1.85. The number of para-hydroxylation sites is 1. The minimum atomic E-state index is -2.03. The van der Waals surface area contributed by atoms with Gasteiger partial charge in [0.1, 0.15) is 5.75 Å². The monoisotopic (exact) mass is 277 g/mol. The van der Waals surface area contributed by atoms with Crippen LogP contribution in [0.25, 0.3) is 11.1 Å². The van der Waals surface area contributed by atoms with Crippen LogP contribution < -0.4 is 10.1 Å². The van der Waals surface area contributed by atoms with Gasteiger partial charge >= 0.3 is 0 Å². The summed E-state index contributed by atoms with van der Waals surface area (Å²) in [6.07, 6.45) is 0. The van der Waals surface area contributed by atoms with Crippen molar-refractivity contribution in [2.24, 2.45) is 0 Å². The van der Waals surface area contributed by atoms with Crippen molar-refractivity contribution in [1.82, 2.24) is 0 Å². The van der Waals surface area contributed by atoms with E-state index in [1.54, 1.807) is 26.3 Å².